The second-order valence-corrected chi connectivity index (χ2v) is 5.91. The number of hydrogen-bond acceptors (Lipinski definition) is 2. The van der Waals surface area contributed by atoms with E-state index in [1.807, 2.05) is 0 Å². The lowest BCUT2D eigenvalue weighted by atomic mass is 9.89. The van der Waals surface area contributed by atoms with Gasteiger partial charge in [-0.3, -0.25) is 4.79 Å². The van der Waals surface area contributed by atoms with Crippen molar-refractivity contribution in [2.24, 2.45) is 11.8 Å². The van der Waals surface area contributed by atoms with Gasteiger partial charge in [-0.2, -0.15) is 0 Å². The maximum atomic E-state index is 12.3. The SMILES string of the molecule is CC(C)C1CCCN(C(=O)[C@@H]2CCCN2)CC1.Cl. The summed E-state index contributed by atoms with van der Waals surface area (Å²) in [5.41, 5.74) is 0. The monoisotopic (exact) mass is 274 g/mol. The van der Waals surface area contributed by atoms with Crippen molar-refractivity contribution >= 4 is 18.3 Å². The van der Waals surface area contributed by atoms with Gasteiger partial charge in [-0.05, 0) is 50.5 Å². The van der Waals surface area contributed by atoms with Crippen LogP contribution in [0.3, 0.4) is 0 Å². The fourth-order valence-electron chi connectivity index (χ4n) is 3.12. The molecule has 2 saturated heterocycles. The van der Waals surface area contributed by atoms with Crippen LogP contribution >= 0.6 is 12.4 Å². The minimum absolute atomic E-state index is 0. The van der Waals surface area contributed by atoms with Gasteiger partial charge in [0.05, 0.1) is 6.04 Å². The molecule has 0 bridgehead atoms. The number of nitrogens with one attached hydrogen (secondary N) is 1. The first-order valence-corrected chi connectivity index (χ1v) is 7.20. The summed E-state index contributed by atoms with van der Waals surface area (Å²) in [6.45, 7) is 7.57. The topological polar surface area (TPSA) is 32.3 Å². The summed E-state index contributed by atoms with van der Waals surface area (Å²) in [7, 11) is 0. The summed E-state index contributed by atoms with van der Waals surface area (Å²) in [5, 5.41) is 3.32. The average Bonchev–Trinajstić information content (AvgIpc) is 2.71. The molecule has 4 heteroatoms. The Hall–Kier alpha value is -0.280. The fraction of sp³-hybridized carbons (Fsp3) is 0.929. The summed E-state index contributed by atoms with van der Waals surface area (Å²) in [6, 6.07) is 0.116. The van der Waals surface area contributed by atoms with Crippen molar-refractivity contribution in [3.63, 3.8) is 0 Å². The quantitative estimate of drug-likeness (QED) is 0.839. The third kappa shape index (κ3) is 3.86. The largest absolute Gasteiger partial charge is 0.341 e. The van der Waals surface area contributed by atoms with Crippen molar-refractivity contribution in [2.75, 3.05) is 19.6 Å². The molecule has 3 nitrogen and oxygen atoms in total. The second-order valence-electron chi connectivity index (χ2n) is 5.91. The zero-order valence-electron chi connectivity index (χ0n) is 11.7. The van der Waals surface area contributed by atoms with E-state index in [9.17, 15) is 4.79 Å². The number of amides is 1. The lowest BCUT2D eigenvalue weighted by Crippen LogP contribution is -2.44. The maximum Gasteiger partial charge on any atom is 0.239 e. The summed E-state index contributed by atoms with van der Waals surface area (Å²) in [5.74, 6) is 1.92. The van der Waals surface area contributed by atoms with Gasteiger partial charge >= 0.3 is 0 Å². The van der Waals surface area contributed by atoms with Crippen molar-refractivity contribution < 1.29 is 4.79 Å². The third-order valence-corrected chi connectivity index (χ3v) is 4.39. The number of nitrogens with zero attached hydrogens (tertiary/aromatic N) is 1. The van der Waals surface area contributed by atoms with E-state index >= 15 is 0 Å². The molecule has 0 aromatic heterocycles. The number of carbonyl (C=O) groups excluding carboxylic acids is 1. The van der Waals surface area contributed by atoms with E-state index in [2.05, 4.69) is 24.1 Å². The Kier molecular flexibility index (Phi) is 6.44. The highest BCUT2D eigenvalue weighted by molar-refractivity contribution is 5.85. The standard InChI is InChI=1S/C14H26N2O.ClH/c1-11(2)12-5-4-9-16(10-7-12)14(17)13-6-3-8-15-13;/h11-13,15H,3-10H2,1-2H3;1H/t12?,13-;/m0./s1. The molecular formula is C14H27ClN2O. The molecule has 0 spiro atoms. The van der Waals surface area contributed by atoms with Crippen LogP contribution in [-0.2, 0) is 4.79 Å². The number of carbonyl (C=O) groups is 1. The predicted molar refractivity (Wildman–Crippen MR) is 77.0 cm³/mol. The molecule has 0 saturated carbocycles. The molecule has 0 radical (unpaired) electrons. The molecule has 0 aromatic rings. The Morgan fingerprint density at radius 3 is 2.56 bits per heavy atom. The molecule has 106 valence electrons. The first kappa shape index (κ1) is 15.8. The minimum Gasteiger partial charge on any atom is -0.341 e. The van der Waals surface area contributed by atoms with Crippen LogP contribution in [0.2, 0.25) is 0 Å². The van der Waals surface area contributed by atoms with Crippen LogP contribution in [0.1, 0.15) is 46.0 Å². The molecule has 0 aromatic carbocycles. The van der Waals surface area contributed by atoms with Crippen LogP contribution < -0.4 is 5.32 Å². The van der Waals surface area contributed by atoms with E-state index < -0.39 is 0 Å². The smallest absolute Gasteiger partial charge is 0.239 e. The number of hydrogen-bond donors (Lipinski definition) is 1. The summed E-state index contributed by atoms with van der Waals surface area (Å²) < 4.78 is 0. The van der Waals surface area contributed by atoms with E-state index in [0.717, 1.165) is 44.3 Å². The molecule has 18 heavy (non-hydrogen) atoms. The van der Waals surface area contributed by atoms with Crippen molar-refractivity contribution in [3.8, 4) is 0 Å². The van der Waals surface area contributed by atoms with Crippen LogP contribution in [0.15, 0.2) is 0 Å². The second kappa shape index (κ2) is 7.34. The molecule has 1 N–H and O–H groups in total. The van der Waals surface area contributed by atoms with Crippen molar-refractivity contribution in [1.29, 1.82) is 0 Å². The van der Waals surface area contributed by atoms with Gasteiger partial charge in [0.1, 0.15) is 0 Å². The normalized spacial score (nSPS) is 28.9. The zero-order valence-corrected chi connectivity index (χ0v) is 12.5. The molecule has 0 aliphatic carbocycles. The average molecular weight is 275 g/mol. The Bertz CT molecular complexity index is 265. The van der Waals surface area contributed by atoms with Crippen LogP contribution in [-0.4, -0.2) is 36.5 Å². The van der Waals surface area contributed by atoms with Crippen molar-refractivity contribution in [2.45, 2.75) is 52.0 Å². The first-order chi connectivity index (χ1) is 8.18. The van der Waals surface area contributed by atoms with Gasteiger partial charge in [0.15, 0.2) is 0 Å². The Morgan fingerprint density at radius 1 is 1.17 bits per heavy atom. The summed E-state index contributed by atoms with van der Waals surface area (Å²) in [4.78, 5) is 14.4. The molecule has 1 amide bonds. The Balaban J connectivity index is 0.00000162. The Labute approximate surface area is 117 Å². The number of halogens is 1. The molecule has 2 atom stereocenters. The maximum absolute atomic E-state index is 12.3. The molecule has 2 heterocycles. The molecule has 2 rings (SSSR count). The van der Waals surface area contributed by atoms with E-state index in [4.69, 9.17) is 0 Å². The van der Waals surface area contributed by atoms with E-state index in [1.165, 1.54) is 19.3 Å². The van der Waals surface area contributed by atoms with Gasteiger partial charge in [0.2, 0.25) is 5.91 Å². The van der Waals surface area contributed by atoms with E-state index in [-0.39, 0.29) is 18.4 Å². The van der Waals surface area contributed by atoms with Gasteiger partial charge in [0.25, 0.3) is 0 Å². The van der Waals surface area contributed by atoms with Crippen LogP contribution in [0.25, 0.3) is 0 Å². The van der Waals surface area contributed by atoms with E-state index in [0.29, 0.717) is 5.91 Å². The van der Waals surface area contributed by atoms with Crippen LogP contribution in [0.5, 0.6) is 0 Å². The molecule has 2 aliphatic rings. The van der Waals surface area contributed by atoms with Crippen LogP contribution in [0.4, 0.5) is 0 Å². The van der Waals surface area contributed by atoms with Gasteiger partial charge < -0.3 is 10.2 Å². The minimum atomic E-state index is 0. The highest BCUT2D eigenvalue weighted by atomic mass is 35.5. The Morgan fingerprint density at radius 2 is 1.94 bits per heavy atom. The zero-order chi connectivity index (χ0) is 12.3. The summed E-state index contributed by atoms with van der Waals surface area (Å²) in [6.07, 6.45) is 5.85. The molecule has 1 unspecified atom stereocenters. The number of rotatable bonds is 2. The van der Waals surface area contributed by atoms with E-state index in [1.54, 1.807) is 0 Å². The lowest BCUT2D eigenvalue weighted by molar-refractivity contribution is -0.133. The van der Waals surface area contributed by atoms with Gasteiger partial charge in [-0.25, -0.2) is 0 Å². The van der Waals surface area contributed by atoms with Gasteiger partial charge in [-0.15, -0.1) is 12.4 Å². The van der Waals surface area contributed by atoms with Crippen LogP contribution in [0, 0.1) is 11.8 Å². The fourth-order valence-corrected chi connectivity index (χ4v) is 3.12. The molecule has 2 fully saturated rings. The highest BCUT2D eigenvalue weighted by Gasteiger charge is 2.28. The van der Waals surface area contributed by atoms with Gasteiger partial charge in [0, 0.05) is 13.1 Å². The predicted octanol–water partition coefficient (Wildman–Crippen LogP) is 2.44. The first-order valence-electron chi connectivity index (χ1n) is 7.20. The molecular weight excluding hydrogens is 248 g/mol. The highest BCUT2D eigenvalue weighted by Crippen LogP contribution is 2.25. The number of likely N-dealkylation sites (tertiary alicyclic amines) is 1. The lowest BCUT2D eigenvalue weighted by Gasteiger charge is -2.24. The van der Waals surface area contributed by atoms with Gasteiger partial charge in [-0.1, -0.05) is 13.8 Å². The van der Waals surface area contributed by atoms with Crippen molar-refractivity contribution in [1.82, 2.24) is 10.2 Å². The molecule has 2 aliphatic heterocycles. The summed E-state index contributed by atoms with van der Waals surface area (Å²) >= 11 is 0. The third-order valence-electron chi connectivity index (χ3n) is 4.39. The van der Waals surface area contributed by atoms with Crippen molar-refractivity contribution in [3.05, 3.63) is 0 Å².